The first-order chi connectivity index (χ1) is 50.3. The first-order valence-electron chi connectivity index (χ1n) is 31.5. The van der Waals surface area contributed by atoms with Gasteiger partial charge in [0.2, 0.25) is 5.91 Å². The first kappa shape index (κ1) is 80.8. The lowest BCUT2D eigenvalue weighted by atomic mass is 9.99. The van der Waals surface area contributed by atoms with Crippen LogP contribution in [0.3, 0.4) is 0 Å². The number of phenols is 6. The maximum Gasteiger partial charge on any atom is 0.339 e. The second-order valence-electron chi connectivity index (χ2n) is 22.6. The molecule has 12 rings (SSSR count). The number of carbonyl (C=O) groups excluding carboxylic acids is 2. The number of nitrogen functional groups attached to an aromatic ring is 1. The van der Waals surface area contributed by atoms with Gasteiger partial charge in [-0.2, -0.15) is 0 Å². The van der Waals surface area contributed by atoms with Crippen LogP contribution in [0.25, 0.3) is 66.8 Å². The van der Waals surface area contributed by atoms with Crippen molar-refractivity contribution in [3.63, 3.8) is 0 Å². The molecule has 12 aromatic rings. The average molecular weight is 1530 g/mol. The molecule has 0 spiro atoms. The van der Waals surface area contributed by atoms with Crippen molar-refractivity contribution in [2.24, 2.45) is 0 Å². The average Bonchev–Trinajstić information content (AvgIpc) is 0.860. The summed E-state index contributed by atoms with van der Waals surface area (Å²) in [4.78, 5) is 33.8. The molecule has 0 atom stereocenters. The summed E-state index contributed by atoms with van der Waals surface area (Å²) in [6.07, 6.45) is 1.15. The molecule has 12 nitrogen and oxygen atoms in total. The number of nitrogens with one attached hydrogen (secondary N) is 1. The summed E-state index contributed by atoms with van der Waals surface area (Å²) >= 11 is 3.14. The molecule has 0 saturated carbocycles. The van der Waals surface area contributed by atoms with Crippen LogP contribution < -0.4 is 11.1 Å². The van der Waals surface area contributed by atoms with Crippen molar-refractivity contribution in [1.29, 1.82) is 0 Å². The number of aryl methyl sites for hydroxylation is 1. The molecular weight excluding hydrogens is 1470 g/mol. The molecule has 0 radical (unpaired) electrons. The monoisotopic (exact) mass is 1530 g/mol. The van der Waals surface area contributed by atoms with Crippen molar-refractivity contribution >= 4 is 45.0 Å². The van der Waals surface area contributed by atoms with Gasteiger partial charge in [-0.1, -0.05) is 57.2 Å². The lowest BCUT2D eigenvalue weighted by Crippen LogP contribution is -2.09. The number of anilines is 2. The largest absolute Gasteiger partial charge is 0.508 e. The zero-order valence-electron chi connectivity index (χ0n) is 55.8. The highest BCUT2D eigenvalue weighted by molar-refractivity contribution is 9.10. The zero-order chi connectivity index (χ0) is 77.8. The van der Waals surface area contributed by atoms with Gasteiger partial charge < -0.3 is 46.8 Å². The number of Topliss-reactive ketones (excluding diaryl/α,β-unsaturated/α-hetero) is 1. The molecule has 0 fully saturated rings. The minimum atomic E-state index is -1.32. The number of carboxylic acids is 1. The Bertz CT molecular complexity index is 5100. The second kappa shape index (κ2) is 37.1. The molecule has 0 heterocycles. The number of phenolic OH excluding ortho intramolecular Hbond substituents is 5. The molecule has 106 heavy (non-hydrogen) atoms. The second-order valence-corrected chi connectivity index (χ2v) is 23.4. The van der Waals surface area contributed by atoms with Gasteiger partial charge in [0.15, 0.2) is 5.78 Å². The number of amides is 1. The predicted molar refractivity (Wildman–Crippen MR) is 383 cm³/mol. The number of aromatic carboxylic acids is 1. The molecule has 0 aromatic heterocycles. The molecule has 546 valence electrons. The minimum absolute atomic E-state index is 0.0636. The van der Waals surface area contributed by atoms with E-state index >= 15 is 0 Å². The SMILES string of the molecule is CCC(=O)Nc1cc(-c2ccc(F)cc2F)ccc1O.CCC(=O)c1cc(-c2ccc(F)cc2F)ccc1O.CCc1cc(-c2ccc(F)cc2F)ccc1O.Nc1cc(-c2ccc(F)cc2F)ccc1O.O=C(O)c1cc(-c2ccc(F)cc2F)ccc1O.Oc1ccc(-c2ccc(F)cc2F)cc1Br. The number of ketones is 1. The maximum absolute atomic E-state index is 13.7. The van der Waals surface area contributed by atoms with E-state index in [0.29, 0.717) is 55.9 Å². The molecule has 0 bridgehead atoms. The Kier molecular flexibility index (Phi) is 28.3. The topological polar surface area (TPSA) is 231 Å². The van der Waals surface area contributed by atoms with Crippen LogP contribution in [0, 0.1) is 69.8 Å². The fourth-order valence-electron chi connectivity index (χ4n) is 9.81. The highest BCUT2D eigenvalue weighted by atomic mass is 79.9. The van der Waals surface area contributed by atoms with Crippen molar-refractivity contribution in [2.75, 3.05) is 11.1 Å². The van der Waals surface area contributed by atoms with Crippen LogP contribution >= 0.6 is 15.9 Å². The van der Waals surface area contributed by atoms with E-state index in [2.05, 4.69) is 21.2 Å². The number of carbonyl (C=O) groups is 3. The molecule has 12 aromatic carbocycles. The van der Waals surface area contributed by atoms with Crippen molar-refractivity contribution in [1.82, 2.24) is 0 Å². The summed E-state index contributed by atoms with van der Waals surface area (Å²) in [6.45, 7) is 5.25. The summed E-state index contributed by atoms with van der Waals surface area (Å²) < 4.78 is 159. The minimum Gasteiger partial charge on any atom is -0.508 e. The normalized spacial score (nSPS) is 10.4. The van der Waals surface area contributed by atoms with Gasteiger partial charge in [-0.3, -0.25) is 9.59 Å². The zero-order valence-corrected chi connectivity index (χ0v) is 57.3. The Balaban J connectivity index is 0.000000178. The number of rotatable bonds is 12. The summed E-state index contributed by atoms with van der Waals surface area (Å²) in [7, 11) is 0. The Morgan fingerprint density at radius 1 is 0.340 bits per heavy atom. The van der Waals surface area contributed by atoms with E-state index in [1.165, 1.54) is 127 Å². The van der Waals surface area contributed by atoms with E-state index in [0.717, 1.165) is 66.2 Å². The van der Waals surface area contributed by atoms with Crippen LogP contribution in [0.5, 0.6) is 34.5 Å². The van der Waals surface area contributed by atoms with Crippen LogP contribution in [0.15, 0.2) is 223 Å². The molecule has 0 aliphatic rings. The van der Waals surface area contributed by atoms with E-state index in [1.54, 1.807) is 38.1 Å². The van der Waals surface area contributed by atoms with Crippen LogP contribution in [0.2, 0.25) is 0 Å². The van der Waals surface area contributed by atoms with Crippen LogP contribution in [0.1, 0.15) is 59.9 Å². The lowest BCUT2D eigenvalue weighted by molar-refractivity contribution is -0.115. The molecule has 0 unspecified atom stereocenters. The molecular formula is C81H61BrF12N2O10. The van der Waals surface area contributed by atoms with Crippen LogP contribution in [-0.4, -0.2) is 53.4 Å². The fraction of sp³-hybridized carbons (Fsp3) is 0.0741. The molecule has 0 aliphatic heterocycles. The Morgan fingerprint density at radius 2 is 0.642 bits per heavy atom. The summed E-state index contributed by atoms with van der Waals surface area (Å²) in [5, 5.41) is 68.0. The molecule has 1 amide bonds. The third kappa shape index (κ3) is 21.8. The van der Waals surface area contributed by atoms with Crippen molar-refractivity contribution < 1.29 is 103 Å². The van der Waals surface area contributed by atoms with Gasteiger partial charge in [0, 0.05) is 82.6 Å². The van der Waals surface area contributed by atoms with E-state index in [9.17, 15) is 97.7 Å². The molecule has 25 heteroatoms. The van der Waals surface area contributed by atoms with Gasteiger partial charge >= 0.3 is 5.97 Å². The number of carboxylic acid groups (broad SMARTS) is 1. The van der Waals surface area contributed by atoms with E-state index in [-0.39, 0.29) is 104 Å². The number of halogens is 13. The summed E-state index contributed by atoms with van der Waals surface area (Å²) in [5.41, 5.74) is 10.5. The molecule has 10 N–H and O–H groups in total. The fourth-order valence-corrected chi connectivity index (χ4v) is 10.2. The third-order valence-corrected chi connectivity index (χ3v) is 16.0. The lowest BCUT2D eigenvalue weighted by Gasteiger charge is -2.10. The quantitative estimate of drug-likeness (QED) is 0.0242. The smallest absolute Gasteiger partial charge is 0.339 e. The summed E-state index contributed by atoms with van der Waals surface area (Å²) in [5.74, 6) is -10.3. The number of nitrogens with two attached hydrogens (primary N) is 1. The van der Waals surface area contributed by atoms with Gasteiger partial charge in [-0.05, 0) is 207 Å². The third-order valence-electron chi connectivity index (χ3n) is 15.3. The van der Waals surface area contributed by atoms with Crippen LogP contribution in [-0.2, 0) is 11.2 Å². The van der Waals surface area contributed by atoms with Crippen molar-refractivity contribution in [2.45, 2.75) is 40.0 Å². The Labute approximate surface area is 606 Å². The highest BCUT2D eigenvalue weighted by Gasteiger charge is 2.18. The molecule has 0 saturated heterocycles. The van der Waals surface area contributed by atoms with E-state index in [4.69, 9.17) is 10.8 Å². The maximum atomic E-state index is 13.7. The molecule has 0 aliphatic carbocycles. The van der Waals surface area contributed by atoms with Gasteiger partial charge in [-0.25, -0.2) is 57.5 Å². The number of benzene rings is 12. The van der Waals surface area contributed by atoms with E-state index < -0.39 is 81.5 Å². The summed E-state index contributed by atoms with van der Waals surface area (Å²) in [6, 6.07) is 45.6. The standard InChI is InChI=1S/C15H13F2NO2.C15H12F2O2.C14H12F2O.C13H8F2O3.C12H7BrF2O.C12H9F2NO/c1-2-15(20)18-13-7-9(3-6-14(13)19)11-5-4-10(16)8-12(11)17;1-2-14(18)12-7-9(3-6-15(12)19)11-5-4-10(16)8-13(11)17;1-2-9-7-10(3-6-14(9)17)12-5-4-11(15)8-13(12)16;14-8-2-3-9(11(15)6-8)7-1-4-12(16)10(5-7)13(17)18;13-10-5-7(1-4-12(10)16)9-3-2-8(14)6-11(9)15;13-8-2-3-9(10(14)6-8)7-1-4-12(16)11(15)5-7/h3-8,19H,2H2,1H3,(H,18,20);3-8,19H,2H2,1H3;3-8,17H,2H2,1H3;1-6,16H,(H,17,18);1-6,16H;1-6,16H,15H2. The van der Waals surface area contributed by atoms with Crippen LogP contribution in [0.4, 0.5) is 64.1 Å². The Morgan fingerprint density at radius 3 is 0.972 bits per heavy atom. The van der Waals surface area contributed by atoms with Gasteiger partial charge in [0.1, 0.15) is 110 Å². The Hall–Kier alpha value is -12.5. The number of aromatic hydroxyl groups is 6. The van der Waals surface area contributed by atoms with Gasteiger partial charge in [0.25, 0.3) is 0 Å². The van der Waals surface area contributed by atoms with Gasteiger partial charge in [-0.15, -0.1) is 0 Å². The highest BCUT2D eigenvalue weighted by Crippen LogP contribution is 2.36. The van der Waals surface area contributed by atoms with Crippen molar-refractivity contribution in [3.8, 4) is 101 Å². The van der Waals surface area contributed by atoms with Gasteiger partial charge in [0.05, 0.1) is 21.4 Å². The van der Waals surface area contributed by atoms with E-state index in [1.807, 2.05) is 6.92 Å². The number of hydrogen-bond acceptors (Lipinski definition) is 10. The number of hydrogen-bond donors (Lipinski definition) is 9. The first-order valence-corrected chi connectivity index (χ1v) is 32.3. The predicted octanol–water partition coefficient (Wildman–Crippen LogP) is 21.6. The van der Waals surface area contributed by atoms with Crippen molar-refractivity contribution in [3.05, 3.63) is 309 Å².